The Labute approximate surface area is 211 Å². The number of urea groups is 1. The lowest BCUT2D eigenvalue weighted by atomic mass is 10.1. The van der Waals surface area contributed by atoms with Gasteiger partial charge in [0.05, 0.1) is 13.2 Å². The average molecular weight is 539 g/mol. The van der Waals surface area contributed by atoms with E-state index >= 15 is 0 Å². The van der Waals surface area contributed by atoms with Gasteiger partial charge in [0.25, 0.3) is 5.91 Å². The van der Waals surface area contributed by atoms with Crippen molar-refractivity contribution in [3.63, 3.8) is 0 Å². The van der Waals surface area contributed by atoms with Crippen LogP contribution in [0, 0.1) is 12.7 Å². The van der Waals surface area contributed by atoms with E-state index in [1.165, 1.54) is 11.0 Å². The highest BCUT2D eigenvalue weighted by Gasteiger charge is 2.33. The number of rotatable bonds is 8. The molecule has 3 aromatic rings. The van der Waals surface area contributed by atoms with Crippen molar-refractivity contribution in [1.82, 2.24) is 10.2 Å². The van der Waals surface area contributed by atoms with Crippen LogP contribution in [0.25, 0.3) is 6.08 Å². The number of hydrogen-bond acceptors (Lipinski definition) is 4. The van der Waals surface area contributed by atoms with Gasteiger partial charge >= 0.3 is 6.03 Å². The lowest BCUT2D eigenvalue weighted by Crippen LogP contribution is -2.30. The summed E-state index contributed by atoms with van der Waals surface area (Å²) in [5.41, 5.74) is 3.12. The molecule has 0 saturated carbocycles. The van der Waals surface area contributed by atoms with Crippen LogP contribution in [0.3, 0.4) is 0 Å². The molecule has 3 amide bonds. The van der Waals surface area contributed by atoms with Gasteiger partial charge < -0.3 is 14.8 Å². The van der Waals surface area contributed by atoms with Crippen molar-refractivity contribution in [1.29, 1.82) is 0 Å². The van der Waals surface area contributed by atoms with Gasteiger partial charge in [0.2, 0.25) is 0 Å². The summed E-state index contributed by atoms with van der Waals surface area (Å²) in [5, 5.41) is 2.65. The topological polar surface area (TPSA) is 67.9 Å². The molecule has 1 fully saturated rings. The molecule has 0 radical (unpaired) electrons. The molecule has 0 unspecified atom stereocenters. The summed E-state index contributed by atoms with van der Waals surface area (Å²) < 4.78 is 26.1. The quantitative estimate of drug-likeness (QED) is 0.283. The van der Waals surface area contributed by atoms with Gasteiger partial charge in [-0.3, -0.25) is 9.69 Å². The van der Waals surface area contributed by atoms with E-state index in [0.717, 1.165) is 11.1 Å². The van der Waals surface area contributed by atoms with E-state index in [1.54, 1.807) is 36.4 Å². The molecule has 3 aromatic carbocycles. The first-order chi connectivity index (χ1) is 16.9. The second-order valence-corrected chi connectivity index (χ2v) is 8.86. The van der Waals surface area contributed by atoms with Crippen LogP contribution in [-0.2, 0) is 17.9 Å². The van der Waals surface area contributed by atoms with Gasteiger partial charge in [-0.15, -0.1) is 0 Å². The van der Waals surface area contributed by atoms with Crippen LogP contribution in [0.15, 0.2) is 70.8 Å². The molecule has 180 valence electrons. The van der Waals surface area contributed by atoms with E-state index in [2.05, 4.69) is 21.2 Å². The molecular formula is C27H24BrFN2O4. The zero-order valence-electron chi connectivity index (χ0n) is 19.3. The number of benzene rings is 3. The Balaban J connectivity index is 1.56. The SMILES string of the molecule is CCOc1cc(/C=C2/NC(=O)N(Cc3cccc(C)c3)C2=O)c(Br)cc1OCc1ccccc1F. The third kappa shape index (κ3) is 5.71. The summed E-state index contributed by atoms with van der Waals surface area (Å²) in [6.45, 7) is 4.39. The van der Waals surface area contributed by atoms with Gasteiger partial charge in [-0.1, -0.05) is 64.0 Å². The first kappa shape index (κ1) is 24.5. The van der Waals surface area contributed by atoms with E-state index in [9.17, 15) is 14.0 Å². The van der Waals surface area contributed by atoms with Gasteiger partial charge in [0.1, 0.15) is 18.1 Å². The van der Waals surface area contributed by atoms with Crippen molar-refractivity contribution >= 4 is 33.9 Å². The maximum absolute atomic E-state index is 14.0. The Morgan fingerprint density at radius 2 is 1.80 bits per heavy atom. The van der Waals surface area contributed by atoms with Crippen LogP contribution >= 0.6 is 15.9 Å². The highest BCUT2D eigenvalue weighted by molar-refractivity contribution is 9.10. The first-order valence-corrected chi connectivity index (χ1v) is 11.9. The second kappa shape index (κ2) is 10.7. The Morgan fingerprint density at radius 1 is 1.03 bits per heavy atom. The maximum Gasteiger partial charge on any atom is 0.329 e. The van der Waals surface area contributed by atoms with E-state index in [0.29, 0.717) is 33.7 Å². The molecule has 1 N–H and O–H groups in total. The zero-order chi connectivity index (χ0) is 24.9. The van der Waals surface area contributed by atoms with Crippen LogP contribution in [0.5, 0.6) is 11.5 Å². The minimum atomic E-state index is -0.478. The Bertz CT molecular complexity index is 1310. The third-order valence-electron chi connectivity index (χ3n) is 5.39. The van der Waals surface area contributed by atoms with Crippen molar-refractivity contribution in [3.8, 4) is 11.5 Å². The fourth-order valence-electron chi connectivity index (χ4n) is 3.68. The van der Waals surface area contributed by atoms with Gasteiger partial charge in [-0.05, 0) is 49.2 Å². The van der Waals surface area contributed by atoms with E-state index in [4.69, 9.17) is 9.47 Å². The molecule has 1 saturated heterocycles. The number of imide groups is 1. The van der Waals surface area contributed by atoms with E-state index < -0.39 is 11.9 Å². The Kier molecular flexibility index (Phi) is 7.51. The molecule has 8 heteroatoms. The van der Waals surface area contributed by atoms with Crippen molar-refractivity contribution in [2.24, 2.45) is 0 Å². The Hall–Kier alpha value is -3.65. The molecule has 4 rings (SSSR count). The van der Waals surface area contributed by atoms with Crippen molar-refractivity contribution in [3.05, 3.63) is 98.9 Å². The number of nitrogens with one attached hydrogen (secondary N) is 1. The maximum atomic E-state index is 14.0. The predicted octanol–water partition coefficient (Wildman–Crippen LogP) is 5.97. The minimum absolute atomic E-state index is 0.0298. The summed E-state index contributed by atoms with van der Waals surface area (Å²) in [6, 6.07) is 17.0. The first-order valence-electron chi connectivity index (χ1n) is 11.1. The average Bonchev–Trinajstić information content (AvgIpc) is 3.08. The van der Waals surface area contributed by atoms with Crippen LogP contribution in [0.2, 0.25) is 0 Å². The fraction of sp³-hybridized carbons (Fsp3) is 0.185. The lowest BCUT2D eigenvalue weighted by molar-refractivity contribution is -0.123. The third-order valence-corrected chi connectivity index (χ3v) is 6.08. The normalized spacial score (nSPS) is 14.4. The number of ether oxygens (including phenoxy) is 2. The van der Waals surface area contributed by atoms with Gasteiger partial charge in [0.15, 0.2) is 11.5 Å². The van der Waals surface area contributed by atoms with Gasteiger partial charge in [-0.25, -0.2) is 9.18 Å². The van der Waals surface area contributed by atoms with Crippen molar-refractivity contribution < 1.29 is 23.5 Å². The zero-order valence-corrected chi connectivity index (χ0v) is 20.9. The molecule has 0 aromatic heterocycles. The number of aryl methyl sites for hydroxylation is 1. The fourth-order valence-corrected chi connectivity index (χ4v) is 4.11. The molecule has 1 aliphatic rings. The highest BCUT2D eigenvalue weighted by atomic mass is 79.9. The van der Waals surface area contributed by atoms with Crippen LogP contribution < -0.4 is 14.8 Å². The molecule has 1 aliphatic heterocycles. The standard InChI is InChI=1S/C27H24BrFN2O4/c1-3-34-24-13-20(21(28)14-25(24)35-16-19-9-4-5-10-22(19)29)12-23-26(32)31(27(33)30-23)15-18-8-6-7-17(2)11-18/h4-14H,3,15-16H2,1-2H3,(H,30,33)/b23-12+. The molecule has 6 nitrogen and oxygen atoms in total. The van der Waals surface area contributed by atoms with Crippen LogP contribution in [0.4, 0.5) is 9.18 Å². The number of hydrogen-bond donors (Lipinski definition) is 1. The highest BCUT2D eigenvalue weighted by Crippen LogP contribution is 2.36. The number of nitrogens with zero attached hydrogens (tertiary/aromatic N) is 1. The number of halogens is 2. The monoisotopic (exact) mass is 538 g/mol. The summed E-state index contributed by atoms with van der Waals surface area (Å²) in [5.74, 6) is 0.0945. The molecule has 0 atom stereocenters. The Morgan fingerprint density at radius 3 is 2.54 bits per heavy atom. The lowest BCUT2D eigenvalue weighted by Gasteiger charge is -2.14. The summed E-state index contributed by atoms with van der Waals surface area (Å²) in [7, 11) is 0. The molecule has 0 bridgehead atoms. The second-order valence-electron chi connectivity index (χ2n) is 8.00. The van der Waals surface area contributed by atoms with Crippen LogP contribution in [0.1, 0.15) is 29.2 Å². The van der Waals surface area contributed by atoms with Crippen molar-refractivity contribution in [2.45, 2.75) is 27.0 Å². The summed E-state index contributed by atoms with van der Waals surface area (Å²) in [6.07, 6.45) is 1.59. The molecular weight excluding hydrogens is 515 g/mol. The largest absolute Gasteiger partial charge is 0.490 e. The van der Waals surface area contributed by atoms with Gasteiger partial charge in [0, 0.05) is 10.0 Å². The number of amides is 3. The smallest absolute Gasteiger partial charge is 0.329 e. The number of carbonyl (C=O) groups is 2. The molecule has 0 aliphatic carbocycles. The molecule has 35 heavy (non-hydrogen) atoms. The minimum Gasteiger partial charge on any atom is -0.490 e. The summed E-state index contributed by atoms with van der Waals surface area (Å²) in [4.78, 5) is 26.6. The predicted molar refractivity (Wildman–Crippen MR) is 134 cm³/mol. The molecule has 1 heterocycles. The number of carbonyl (C=O) groups excluding carboxylic acids is 2. The van der Waals surface area contributed by atoms with E-state index in [1.807, 2.05) is 38.1 Å². The molecule has 0 spiro atoms. The summed E-state index contributed by atoms with van der Waals surface area (Å²) >= 11 is 3.50. The van der Waals surface area contributed by atoms with E-state index in [-0.39, 0.29) is 24.7 Å². The van der Waals surface area contributed by atoms with Gasteiger partial charge in [-0.2, -0.15) is 0 Å². The van der Waals surface area contributed by atoms with Crippen molar-refractivity contribution in [2.75, 3.05) is 6.61 Å². The van der Waals surface area contributed by atoms with Crippen LogP contribution in [-0.4, -0.2) is 23.4 Å².